The van der Waals surface area contributed by atoms with Gasteiger partial charge in [0.05, 0.1) is 11.9 Å². The van der Waals surface area contributed by atoms with Crippen molar-refractivity contribution in [3.8, 4) is 0 Å². The van der Waals surface area contributed by atoms with Crippen LogP contribution in [0.5, 0.6) is 0 Å². The lowest BCUT2D eigenvalue weighted by molar-refractivity contribution is -0.141. The fourth-order valence-electron chi connectivity index (χ4n) is 5.15. The minimum atomic E-state index is -3.53. The van der Waals surface area contributed by atoms with Crippen LogP contribution in [-0.2, 0) is 26.2 Å². The molecule has 0 spiro atoms. The van der Waals surface area contributed by atoms with Crippen molar-refractivity contribution in [2.75, 3.05) is 17.1 Å². The number of nitrogens with zero attached hydrogens (tertiary/aromatic N) is 2. The third-order valence-corrected chi connectivity index (χ3v) is 8.53. The monoisotopic (exact) mass is 541 g/mol. The van der Waals surface area contributed by atoms with Gasteiger partial charge in [-0.15, -0.1) is 0 Å². The lowest BCUT2D eigenvalue weighted by Gasteiger charge is -2.32. The first-order chi connectivity index (χ1) is 18.0. The molecule has 7 nitrogen and oxygen atoms in total. The molecule has 1 aliphatic rings. The molecule has 2 aromatic carbocycles. The number of aryl methyl sites for hydroxylation is 3. The van der Waals surface area contributed by atoms with Gasteiger partial charge in [0.1, 0.15) is 6.04 Å². The zero-order valence-corrected chi connectivity index (χ0v) is 24.3. The maximum Gasteiger partial charge on any atom is 0.243 e. The topological polar surface area (TPSA) is 86.8 Å². The van der Waals surface area contributed by atoms with Crippen LogP contribution in [0.1, 0.15) is 74.1 Å². The Balaban J connectivity index is 1.77. The predicted octanol–water partition coefficient (Wildman–Crippen LogP) is 5.02. The molecule has 0 heterocycles. The molecule has 8 heteroatoms. The summed E-state index contributed by atoms with van der Waals surface area (Å²) >= 11 is 0. The van der Waals surface area contributed by atoms with E-state index in [1.54, 1.807) is 4.90 Å². The summed E-state index contributed by atoms with van der Waals surface area (Å²) in [5, 5.41) is 3.17. The third kappa shape index (κ3) is 8.06. The fourth-order valence-corrected chi connectivity index (χ4v) is 6.16. The number of anilines is 1. The lowest BCUT2D eigenvalue weighted by Crippen LogP contribution is -2.51. The Labute approximate surface area is 228 Å². The number of benzene rings is 2. The SMILES string of the molecule is CC[C@@H](C(=O)NC1CCCC1)N(Cc1ccc(C)cc1)C(=O)CCCN(c1cc(C)ccc1C)S(C)(=O)=O. The minimum Gasteiger partial charge on any atom is -0.352 e. The molecule has 2 aromatic rings. The third-order valence-electron chi connectivity index (χ3n) is 7.35. The molecule has 0 bridgehead atoms. The van der Waals surface area contributed by atoms with Gasteiger partial charge in [0.25, 0.3) is 0 Å². The van der Waals surface area contributed by atoms with Gasteiger partial charge in [-0.25, -0.2) is 8.42 Å². The van der Waals surface area contributed by atoms with Gasteiger partial charge < -0.3 is 10.2 Å². The van der Waals surface area contributed by atoms with Gasteiger partial charge in [-0.1, -0.05) is 61.7 Å². The van der Waals surface area contributed by atoms with Crippen molar-refractivity contribution in [3.05, 3.63) is 64.7 Å². The molecule has 1 aliphatic carbocycles. The number of hydrogen-bond acceptors (Lipinski definition) is 4. The van der Waals surface area contributed by atoms with E-state index in [2.05, 4.69) is 5.32 Å². The maximum atomic E-state index is 13.6. The summed E-state index contributed by atoms with van der Waals surface area (Å²) in [4.78, 5) is 28.6. The van der Waals surface area contributed by atoms with Gasteiger partial charge in [-0.2, -0.15) is 0 Å². The van der Waals surface area contributed by atoms with Crippen molar-refractivity contribution in [3.63, 3.8) is 0 Å². The number of amides is 2. The van der Waals surface area contributed by atoms with Gasteiger partial charge >= 0.3 is 0 Å². The molecule has 0 aromatic heterocycles. The number of sulfonamides is 1. The summed E-state index contributed by atoms with van der Waals surface area (Å²) in [6.07, 6.45) is 6.40. The molecule has 1 fully saturated rings. The van der Waals surface area contributed by atoms with E-state index >= 15 is 0 Å². The van der Waals surface area contributed by atoms with Gasteiger partial charge in [-0.05, 0) is 69.2 Å². The molecule has 2 amide bonds. The molecular formula is C30H43N3O4S. The fraction of sp³-hybridized carbons (Fsp3) is 0.533. The first-order valence-corrected chi connectivity index (χ1v) is 15.5. The van der Waals surface area contributed by atoms with Gasteiger partial charge in [0.2, 0.25) is 21.8 Å². The van der Waals surface area contributed by atoms with Crippen LogP contribution in [-0.4, -0.2) is 50.0 Å². The van der Waals surface area contributed by atoms with Crippen molar-refractivity contribution in [2.45, 2.75) is 91.3 Å². The van der Waals surface area contributed by atoms with Crippen molar-refractivity contribution in [2.24, 2.45) is 0 Å². The molecule has 1 atom stereocenters. The highest BCUT2D eigenvalue weighted by molar-refractivity contribution is 7.92. The van der Waals surface area contributed by atoms with Crippen LogP contribution in [0.2, 0.25) is 0 Å². The largest absolute Gasteiger partial charge is 0.352 e. The summed E-state index contributed by atoms with van der Waals surface area (Å²) in [6.45, 7) is 8.29. The Hall–Kier alpha value is -2.87. The molecular weight excluding hydrogens is 498 g/mol. The zero-order chi connectivity index (χ0) is 27.9. The van der Waals surface area contributed by atoms with E-state index in [4.69, 9.17) is 0 Å². The van der Waals surface area contributed by atoms with Gasteiger partial charge in [0.15, 0.2) is 0 Å². The molecule has 0 radical (unpaired) electrons. The van der Waals surface area contributed by atoms with E-state index in [1.807, 2.05) is 70.2 Å². The predicted molar refractivity (Wildman–Crippen MR) is 154 cm³/mol. The average molecular weight is 542 g/mol. The van der Waals surface area contributed by atoms with Crippen LogP contribution in [0.3, 0.4) is 0 Å². The summed E-state index contributed by atoms with van der Waals surface area (Å²) in [5.74, 6) is -0.249. The van der Waals surface area contributed by atoms with Crippen molar-refractivity contribution in [1.29, 1.82) is 0 Å². The highest BCUT2D eigenvalue weighted by atomic mass is 32.2. The van der Waals surface area contributed by atoms with Crippen LogP contribution in [0, 0.1) is 20.8 Å². The van der Waals surface area contributed by atoms with Crippen LogP contribution in [0.25, 0.3) is 0 Å². The highest BCUT2D eigenvalue weighted by Gasteiger charge is 2.30. The Morgan fingerprint density at radius 1 is 1.00 bits per heavy atom. The highest BCUT2D eigenvalue weighted by Crippen LogP contribution is 2.25. The van der Waals surface area contributed by atoms with Crippen LogP contribution in [0.15, 0.2) is 42.5 Å². The van der Waals surface area contributed by atoms with Gasteiger partial charge in [-0.3, -0.25) is 13.9 Å². The van der Waals surface area contributed by atoms with E-state index in [9.17, 15) is 18.0 Å². The molecule has 0 unspecified atom stereocenters. The summed E-state index contributed by atoms with van der Waals surface area (Å²) in [5.41, 5.74) is 4.56. The van der Waals surface area contributed by atoms with Crippen LogP contribution in [0.4, 0.5) is 5.69 Å². The maximum absolute atomic E-state index is 13.6. The number of carbonyl (C=O) groups is 2. The van der Waals surface area contributed by atoms with Gasteiger partial charge in [0, 0.05) is 25.6 Å². The molecule has 3 rings (SSSR count). The van der Waals surface area contributed by atoms with E-state index in [0.29, 0.717) is 25.1 Å². The Morgan fingerprint density at radius 3 is 2.24 bits per heavy atom. The number of carbonyl (C=O) groups excluding carboxylic acids is 2. The summed E-state index contributed by atoms with van der Waals surface area (Å²) in [7, 11) is -3.53. The Morgan fingerprint density at radius 2 is 1.63 bits per heavy atom. The zero-order valence-electron chi connectivity index (χ0n) is 23.5. The molecule has 1 N–H and O–H groups in total. The Bertz CT molecular complexity index is 1200. The quantitative estimate of drug-likeness (QED) is 0.409. The summed E-state index contributed by atoms with van der Waals surface area (Å²) in [6, 6.07) is 13.3. The van der Waals surface area contributed by atoms with E-state index in [-0.39, 0.29) is 30.8 Å². The molecule has 0 saturated heterocycles. The second kappa shape index (κ2) is 13.3. The van der Waals surface area contributed by atoms with Crippen molar-refractivity contribution in [1.82, 2.24) is 10.2 Å². The number of nitrogens with one attached hydrogen (secondary N) is 1. The minimum absolute atomic E-state index is 0.104. The smallest absolute Gasteiger partial charge is 0.243 e. The van der Waals surface area contributed by atoms with Crippen molar-refractivity contribution < 1.29 is 18.0 Å². The second-order valence-corrected chi connectivity index (χ2v) is 12.6. The van der Waals surface area contributed by atoms with Crippen LogP contribution < -0.4 is 9.62 Å². The van der Waals surface area contributed by atoms with Crippen molar-refractivity contribution >= 4 is 27.5 Å². The Kier molecular flexibility index (Phi) is 10.4. The lowest BCUT2D eigenvalue weighted by atomic mass is 10.1. The summed E-state index contributed by atoms with van der Waals surface area (Å²) < 4.78 is 26.7. The molecule has 0 aliphatic heterocycles. The number of hydrogen-bond donors (Lipinski definition) is 1. The molecule has 208 valence electrons. The van der Waals surface area contributed by atoms with E-state index in [1.165, 1.54) is 10.6 Å². The van der Waals surface area contributed by atoms with Crippen LogP contribution >= 0.6 is 0 Å². The standard InChI is InChI=1S/C30H43N3O4S/c1-6-27(30(35)31-26-10-7-8-11-26)32(21-25-17-14-22(2)15-18-25)29(34)12-9-19-33(38(5,36)37)28-20-23(3)13-16-24(28)4/h13-18,20,26-27H,6-12,19,21H2,1-5H3,(H,31,35)/t27-/m0/s1. The van der Waals surface area contributed by atoms with E-state index in [0.717, 1.165) is 47.9 Å². The second-order valence-electron chi connectivity index (χ2n) is 10.6. The normalized spacial score (nSPS) is 14.8. The average Bonchev–Trinajstić information content (AvgIpc) is 3.36. The first kappa shape index (κ1) is 29.7. The first-order valence-electron chi connectivity index (χ1n) is 13.7. The van der Waals surface area contributed by atoms with E-state index < -0.39 is 16.1 Å². The molecule has 38 heavy (non-hydrogen) atoms. The molecule has 1 saturated carbocycles. The number of rotatable bonds is 12.